The number of benzene rings is 1. The van der Waals surface area contributed by atoms with Crippen molar-refractivity contribution in [1.29, 1.82) is 5.26 Å². The second kappa shape index (κ2) is 7.03. The molecule has 0 amide bonds. The number of nitrogens with one attached hydrogen (secondary N) is 1. The van der Waals surface area contributed by atoms with Crippen molar-refractivity contribution >= 4 is 9.84 Å². The summed E-state index contributed by atoms with van der Waals surface area (Å²) in [7, 11) is -3.36. The van der Waals surface area contributed by atoms with Gasteiger partial charge in [0.25, 0.3) is 0 Å². The molecule has 0 radical (unpaired) electrons. The predicted octanol–water partition coefficient (Wildman–Crippen LogP) is 1.23. The predicted molar refractivity (Wildman–Crippen MR) is 79.5 cm³/mol. The van der Waals surface area contributed by atoms with Gasteiger partial charge in [-0.2, -0.15) is 5.26 Å². The number of hydrogen-bond acceptors (Lipinski definition) is 5. The summed E-state index contributed by atoms with van der Waals surface area (Å²) in [6, 6.07) is 7.89. The second-order valence-electron chi connectivity index (χ2n) is 5.37. The summed E-state index contributed by atoms with van der Waals surface area (Å²) < 4.78 is 24.3. The Morgan fingerprint density at radius 3 is 2.52 bits per heavy atom. The standard InChI is InChI=1S/C15H20N2O3S/c16-11-12-5-7-13(8-6-12)21(19,20)10-9-17-14-3-1-2-4-15(14)18/h5-8,14-15,17-18H,1-4,9-10H2. The van der Waals surface area contributed by atoms with Crippen molar-refractivity contribution in [2.75, 3.05) is 12.3 Å². The van der Waals surface area contributed by atoms with Gasteiger partial charge in [-0.25, -0.2) is 8.42 Å². The van der Waals surface area contributed by atoms with E-state index < -0.39 is 9.84 Å². The number of nitriles is 1. The molecule has 0 heterocycles. The molecule has 1 aliphatic carbocycles. The quantitative estimate of drug-likeness (QED) is 0.853. The zero-order valence-corrected chi connectivity index (χ0v) is 12.6. The molecule has 1 fully saturated rings. The van der Waals surface area contributed by atoms with E-state index in [-0.39, 0.29) is 22.8 Å². The maximum Gasteiger partial charge on any atom is 0.179 e. The highest BCUT2D eigenvalue weighted by atomic mass is 32.2. The molecule has 1 saturated carbocycles. The van der Waals surface area contributed by atoms with Crippen LogP contribution < -0.4 is 5.32 Å². The fraction of sp³-hybridized carbons (Fsp3) is 0.533. The van der Waals surface area contributed by atoms with Crippen molar-refractivity contribution in [1.82, 2.24) is 5.32 Å². The minimum absolute atomic E-state index is 0.00471. The highest BCUT2D eigenvalue weighted by Gasteiger charge is 2.23. The third kappa shape index (κ3) is 4.27. The van der Waals surface area contributed by atoms with Crippen molar-refractivity contribution in [2.45, 2.75) is 42.7 Å². The lowest BCUT2D eigenvalue weighted by atomic mass is 9.93. The van der Waals surface area contributed by atoms with Crippen molar-refractivity contribution < 1.29 is 13.5 Å². The summed E-state index contributed by atoms with van der Waals surface area (Å²) in [5.41, 5.74) is 0.442. The monoisotopic (exact) mass is 308 g/mol. The van der Waals surface area contributed by atoms with E-state index >= 15 is 0 Å². The molecule has 5 nitrogen and oxygen atoms in total. The topological polar surface area (TPSA) is 90.2 Å². The van der Waals surface area contributed by atoms with E-state index in [9.17, 15) is 13.5 Å². The fourth-order valence-corrected chi connectivity index (χ4v) is 3.76. The normalized spacial score (nSPS) is 22.7. The molecule has 0 bridgehead atoms. The van der Waals surface area contributed by atoms with Crippen molar-refractivity contribution in [3.8, 4) is 6.07 Å². The number of aliphatic hydroxyl groups excluding tert-OH is 1. The lowest BCUT2D eigenvalue weighted by molar-refractivity contribution is 0.0921. The van der Waals surface area contributed by atoms with Gasteiger partial charge in [0.2, 0.25) is 0 Å². The maximum atomic E-state index is 12.2. The highest BCUT2D eigenvalue weighted by molar-refractivity contribution is 7.91. The molecule has 1 aliphatic rings. The van der Waals surface area contributed by atoms with Gasteiger partial charge in [-0.1, -0.05) is 12.8 Å². The molecule has 6 heteroatoms. The summed E-state index contributed by atoms with van der Waals surface area (Å²) >= 11 is 0. The molecule has 114 valence electrons. The van der Waals surface area contributed by atoms with Crippen LogP contribution in [0.2, 0.25) is 0 Å². The van der Waals surface area contributed by atoms with E-state index in [1.165, 1.54) is 24.3 Å². The van der Waals surface area contributed by atoms with Crippen LogP contribution in [-0.4, -0.2) is 38.0 Å². The molecule has 2 rings (SSSR count). The Hall–Kier alpha value is -1.42. The molecule has 0 spiro atoms. The average molecular weight is 308 g/mol. The summed E-state index contributed by atoms with van der Waals surface area (Å²) in [5.74, 6) is -0.0118. The first-order chi connectivity index (χ1) is 10.0. The van der Waals surface area contributed by atoms with E-state index in [2.05, 4.69) is 5.32 Å². The van der Waals surface area contributed by atoms with Gasteiger partial charge in [-0.05, 0) is 37.1 Å². The Morgan fingerprint density at radius 1 is 1.24 bits per heavy atom. The van der Waals surface area contributed by atoms with E-state index in [1.807, 2.05) is 6.07 Å². The van der Waals surface area contributed by atoms with Crippen molar-refractivity contribution in [3.63, 3.8) is 0 Å². The van der Waals surface area contributed by atoms with Gasteiger partial charge < -0.3 is 10.4 Å². The van der Waals surface area contributed by atoms with Gasteiger partial charge in [-0.3, -0.25) is 0 Å². The van der Waals surface area contributed by atoms with Crippen molar-refractivity contribution in [2.24, 2.45) is 0 Å². The minimum Gasteiger partial charge on any atom is -0.392 e. The van der Waals surface area contributed by atoms with Gasteiger partial charge in [0, 0.05) is 12.6 Å². The molecule has 1 aromatic rings. The van der Waals surface area contributed by atoms with E-state index in [4.69, 9.17) is 5.26 Å². The maximum absolute atomic E-state index is 12.2. The van der Waals surface area contributed by atoms with Gasteiger partial charge in [0.05, 0.1) is 28.4 Å². The minimum atomic E-state index is -3.36. The first-order valence-corrected chi connectivity index (χ1v) is 8.82. The van der Waals surface area contributed by atoms with Crippen molar-refractivity contribution in [3.05, 3.63) is 29.8 Å². The number of hydrogen-bond donors (Lipinski definition) is 2. The van der Waals surface area contributed by atoms with E-state index in [0.717, 1.165) is 25.7 Å². The number of sulfone groups is 1. The summed E-state index contributed by atoms with van der Waals surface area (Å²) in [6.45, 7) is 0.323. The number of aliphatic hydroxyl groups is 1. The lowest BCUT2D eigenvalue weighted by Gasteiger charge is -2.28. The third-order valence-corrected chi connectivity index (χ3v) is 5.58. The highest BCUT2D eigenvalue weighted by Crippen LogP contribution is 2.18. The molecule has 2 atom stereocenters. The molecule has 0 saturated heterocycles. The lowest BCUT2D eigenvalue weighted by Crippen LogP contribution is -2.43. The largest absolute Gasteiger partial charge is 0.392 e. The molecule has 2 unspecified atom stereocenters. The molecular weight excluding hydrogens is 288 g/mol. The third-order valence-electron chi connectivity index (χ3n) is 3.85. The molecule has 21 heavy (non-hydrogen) atoms. The zero-order valence-electron chi connectivity index (χ0n) is 11.8. The zero-order chi connectivity index (χ0) is 15.3. The average Bonchev–Trinajstić information content (AvgIpc) is 2.49. The summed E-state index contributed by atoms with van der Waals surface area (Å²) in [6.07, 6.45) is 3.38. The van der Waals surface area contributed by atoms with Gasteiger partial charge >= 0.3 is 0 Å². The Balaban J connectivity index is 1.90. The van der Waals surface area contributed by atoms with Crippen LogP contribution in [-0.2, 0) is 9.84 Å². The molecule has 0 aliphatic heterocycles. The molecule has 2 N–H and O–H groups in total. The first kappa shape index (κ1) is 16.0. The molecule has 1 aromatic carbocycles. The van der Waals surface area contributed by atoms with E-state index in [0.29, 0.717) is 12.1 Å². The van der Waals surface area contributed by atoms with Gasteiger partial charge in [0.1, 0.15) is 0 Å². The van der Waals surface area contributed by atoms with Gasteiger partial charge in [-0.15, -0.1) is 0 Å². The van der Waals surface area contributed by atoms with Crippen LogP contribution in [0.1, 0.15) is 31.2 Å². The number of rotatable bonds is 5. The first-order valence-electron chi connectivity index (χ1n) is 7.17. The van der Waals surface area contributed by atoms with E-state index in [1.54, 1.807) is 0 Å². The summed E-state index contributed by atoms with van der Waals surface area (Å²) in [4.78, 5) is 0.229. The SMILES string of the molecule is N#Cc1ccc(S(=O)(=O)CCNC2CCCCC2O)cc1. The van der Waals surface area contributed by atoms with Crippen LogP contribution in [0.5, 0.6) is 0 Å². The van der Waals surface area contributed by atoms with Crippen LogP contribution in [0.3, 0.4) is 0 Å². The van der Waals surface area contributed by atoms with Crippen LogP contribution in [0, 0.1) is 11.3 Å². The molecule has 0 aromatic heterocycles. The van der Waals surface area contributed by atoms with Crippen LogP contribution in [0.15, 0.2) is 29.2 Å². The second-order valence-corrected chi connectivity index (χ2v) is 7.48. The Bertz CT molecular complexity index is 605. The fourth-order valence-electron chi connectivity index (χ4n) is 2.58. The Kier molecular flexibility index (Phi) is 5.34. The smallest absolute Gasteiger partial charge is 0.179 e. The van der Waals surface area contributed by atoms with Crippen LogP contribution >= 0.6 is 0 Å². The Morgan fingerprint density at radius 2 is 1.90 bits per heavy atom. The van der Waals surface area contributed by atoms with Gasteiger partial charge in [0.15, 0.2) is 9.84 Å². The summed E-state index contributed by atoms with van der Waals surface area (Å²) in [5, 5.41) is 21.7. The molecular formula is C15H20N2O3S. The van der Waals surface area contributed by atoms with Crippen LogP contribution in [0.4, 0.5) is 0 Å². The number of nitrogens with zero attached hydrogens (tertiary/aromatic N) is 1. The van der Waals surface area contributed by atoms with Crippen LogP contribution in [0.25, 0.3) is 0 Å². The Labute approximate surface area is 125 Å².